The van der Waals surface area contributed by atoms with Crippen LogP contribution in [0.3, 0.4) is 0 Å². The quantitative estimate of drug-likeness (QED) is 0.691. The first-order chi connectivity index (χ1) is 5.68. The van der Waals surface area contributed by atoms with Gasteiger partial charge < -0.3 is 4.98 Å². The van der Waals surface area contributed by atoms with Crippen LogP contribution < -0.4 is 0 Å². The highest BCUT2D eigenvalue weighted by atomic mass is 79.9. The molecule has 0 amide bonds. The van der Waals surface area contributed by atoms with Gasteiger partial charge in [0, 0.05) is 16.1 Å². The number of nitrogens with one attached hydrogen (secondary N) is 1. The molecule has 0 atom stereocenters. The molecule has 0 aliphatic carbocycles. The van der Waals surface area contributed by atoms with E-state index in [4.69, 9.17) is 0 Å². The van der Waals surface area contributed by atoms with Crippen molar-refractivity contribution in [1.29, 1.82) is 0 Å². The summed E-state index contributed by atoms with van der Waals surface area (Å²) in [4.78, 5) is 6.58. The molecule has 0 saturated carbocycles. The van der Waals surface area contributed by atoms with Crippen molar-refractivity contribution in [3.05, 3.63) is 28.2 Å². The molecule has 2 rings (SSSR count). The molecule has 0 radical (unpaired) electrons. The molecule has 0 aromatic carbocycles. The number of hydrogen-bond acceptors (Lipinski definition) is 1. The van der Waals surface area contributed by atoms with Crippen LogP contribution in [0.25, 0.3) is 11.0 Å². The summed E-state index contributed by atoms with van der Waals surface area (Å²) in [7, 11) is 0. The number of fused-ring (bicyclic) bond motifs is 1. The van der Waals surface area contributed by atoms with E-state index in [1.165, 1.54) is 6.07 Å². The molecule has 4 heteroatoms. The van der Waals surface area contributed by atoms with Gasteiger partial charge in [-0.25, -0.2) is 4.98 Å². The van der Waals surface area contributed by atoms with Crippen molar-refractivity contribution in [2.45, 2.75) is 6.92 Å². The summed E-state index contributed by atoms with van der Waals surface area (Å²) in [6, 6.07) is 1.42. The summed E-state index contributed by atoms with van der Waals surface area (Å²) in [5, 5.41) is 0.941. The third kappa shape index (κ3) is 1.03. The Bertz CT molecular complexity index is 436. The minimum atomic E-state index is -0.450. The van der Waals surface area contributed by atoms with Crippen LogP contribution in [0.2, 0.25) is 0 Å². The van der Waals surface area contributed by atoms with E-state index >= 15 is 0 Å². The first-order valence-corrected chi connectivity index (χ1v) is 4.27. The summed E-state index contributed by atoms with van der Waals surface area (Å²) in [6.07, 6.45) is 1.75. The first-order valence-electron chi connectivity index (χ1n) is 3.48. The molecule has 0 saturated heterocycles. The fourth-order valence-corrected chi connectivity index (χ4v) is 1.86. The zero-order chi connectivity index (χ0) is 8.72. The third-order valence-corrected chi connectivity index (χ3v) is 2.39. The summed E-state index contributed by atoms with van der Waals surface area (Å²) in [5.41, 5.74) is 1.46. The van der Waals surface area contributed by atoms with Crippen LogP contribution in [0, 0.1) is 12.9 Å². The van der Waals surface area contributed by atoms with Crippen LogP contribution in [0.4, 0.5) is 4.39 Å². The Morgan fingerprint density at radius 3 is 3.08 bits per heavy atom. The average molecular weight is 229 g/mol. The summed E-state index contributed by atoms with van der Waals surface area (Å²) < 4.78 is 13.7. The summed E-state index contributed by atoms with van der Waals surface area (Å²) in [5.74, 6) is -0.450. The van der Waals surface area contributed by atoms with E-state index in [2.05, 4.69) is 25.9 Å². The number of aromatic nitrogens is 2. The van der Waals surface area contributed by atoms with Gasteiger partial charge in [-0.3, -0.25) is 0 Å². The number of aryl methyl sites for hydroxylation is 1. The largest absolute Gasteiger partial charge is 0.345 e. The number of pyridine rings is 1. The Kier molecular flexibility index (Phi) is 1.65. The monoisotopic (exact) mass is 228 g/mol. The highest BCUT2D eigenvalue weighted by molar-refractivity contribution is 9.10. The molecule has 2 heterocycles. The lowest BCUT2D eigenvalue weighted by Gasteiger charge is -1.95. The number of H-pyrrole nitrogens is 1. The molecule has 12 heavy (non-hydrogen) atoms. The van der Waals surface area contributed by atoms with Crippen molar-refractivity contribution in [2.24, 2.45) is 0 Å². The first kappa shape index (κ1) is 7.73. The molecule has 2 nitrogen and oxygen atoms in total. The molecule has 0 aliphatic heterocycles. The van der Waals surface area contributed by atoms with Crippen molar-refractivity contribution >= 4 is 27.0 Å². The molecular weight excluding hydrogens is 223 g/mol. The maximum absolute atomic E-state index is 12.8. The number of aromatic amines is 1. The van der Waals surface area contributed by atoms with Crippen molar-refractivity contribution in [3.8, 4) is 0 Å². The number of nitrogens with zero attached hydrogens (tertiary/aromatic N) is 1. The number of rotatable bonds is 0. The van der Waals surface area contributed by atoms with Crippen molar-refractivity contribution in [2.75, 3.05) is 0 Å². The summed E-state index contributed by atoms with van der Waals surface area (Å²) >= 11 is 3.35. The molecule has 0 unspecified atom stereocenters. The zero-order valence-electron chi connectivity index (χ0n) is 6.36. The van der Waals surface area contributed by atoms with Crippen molar-refractivity contribution < 1.29 is 4.39 Å². The minimum absolute atomic E-state index is 0.450. The summed E-state index contributed by atoms with van der Waals surface area (Å²) in [6.45, 7) is 1.85. The Morgan fingerprint density at radius 1 is 1.58 bits per heavy atom. The zero-order valence-corrected chi connectivity index (χ0v) is 7.94. The van der Waals surface area contributed by atoms with Gasteiger partial charge in [-0.15, -0.1) is 0 Å². The molecule has 0 bridgehead atoms. The second-order valence-electron chi connectivity index (χ2n) is 2.62. The van der Waals surface area contributed by atoms with Gasteiger partial charge in [0.05, 0.1) is 0 Å². The molecule has 0 aliphatic rings. The van der Waals surface area contributed by atoms with E-state index in [-0.39, 0.29) is 0 Å². The molecule has 2 aromatic heterocycles. The van der Waals surface area contributed by atoms with Crippen molar-refractivity contribution in [1.82, 2.24) is 9.97 Å². The maximum Gasteiger partial charge on any atom is 0.215 e. The second kappa shape index (κ2) is 2.55. The average Bonchev–Trinajstić information content (AvgIpc) is 2.31. The maximum atomic E-state index is 12.8. The van der Waals surface area contributed by atoms with Gasteiger partial charge in [0.15, 0.2) is 0 Å². The van der Waals surface area contributed by atoms with Crippen LogP contribution in [-0.4, -0.2) is 9.97 Å². The van der Waals surface area contributed by atoms with E-state index in [1.807, 2.05) is 6.92 Å². The molecule has 1 N–H and O–H groups in total. The fourth-order valence-electron chi connectivity index (χ4n) is 1.24. The molecule has 0 spiro atoms. The SMILES string of the molecule is Cc1cc(F)nc2[nH]cc(Br)c12. The van der Waals surface area contributed by atoms with Crippen LogP contribution in [0.15, 0.2) is 16.7 Å². The normalized spacial score (nSPS) is 10.9. The highest BCUT2D eigenvalue weighted by Gasteiger charge is 2.06. The Labute approximate surface area is 76.9 Å². The van der Waals surface area contributed by atoms with Crippen LogP contribution in [0.1, 0.15) is 5.56 Å². The highest BCUT2D eigenvalue weighted by Crippen LogP contribution is 2.25. The van der Waals surface area contributed by atoms with E-state index in [1.54, 1.807) is 6.20 Å². The van der Waals surface area contributed by atoms with Crippen LogP contribution in [0.5, 0.6) is 0 Å². The van der Waals surface area contributed by atoms with Gasteiger partial charge in [-0.05, 0) is 34.5 Å². The van der Waals surface area contributed by atoms with E-state index in [0.717, 1.165) is 15.4 Å². The minimum Gasteiger partial charge on any atom is -0.345 e. The lowest BCUT2D eigenvalue weighted by atomic mass is 10.2. The van der Waals surface area contributed by atoms with Gasteiger partial charge in [0.2, 0.25) is 5.95 Å². The molecule has 0 fully saturated rings. The number of hydrogen-bond donors (Lipinski definition) is 1. The standard InChI is InChI=1S/C8H6BrFN2/c1-4-2-6(10)12-8-7(4)5(9)3-11-8/h2-3H,1H3,(H,11,12). The van der Waals surface area contributed by atoms with Gasteiger partial charge in [-0.2, -0.15) is 4.39 Å². The lowest BCUT2D eigenvalue weighted by Crippen LogP contribution is -1.85. The second-order valence-corrected chi connectivity index (χ2v) is 3.48. The predicted octanol–water partition coefficient (Wildman–Crippen LogP) is 2.77. The smallest absolute Gasteiger partial charge is 0.215 e. The lowest BCUT2D eigenvalue weighted by molar-refractivity contribution is 0.587. The van der Waals surface area contributed by atoms with E-state index < -0.39 is 5.95 Å². The topological polar surface area (TPSA) is 28.7 Å². The Morgan fingerprint density at radius 2 is 2.33 bits per heavy atom. The van der Waals surface area contributed by atoms with Gasteiger partial charge >= 0.3 is 0 Å². The Balaban J connectivity index is 2.93. The van der Waals surface area contributed by atoms with Crippen LogP contribution >= 0.6 is 15.9 Å². The molecule has 2 aromatic rings. The number of halogens is 2. The van der Waals surface area contributed by atoms with Gasteiger partial charge in [0.1, 0.15) is 5.65 Å². The Hall–Kier alpha value is -0.900. The van der Waals surface area contributed by atoms with E-state index in [0.29, 0.717) is 5.65 Å². The van der Waals surface area contributed by atoms with Gasteiger partial charge in [-0.1, -0.05) is 0 Å². The predicted molar refractivity (Wildman–Crippen MR) is 48.5 cm³/mol. The van der Waals surface area contributed by atoms with Gasteiger partial charge in [0.25, 0.3) is 0 Å². The molecular formula is C8H6BrFN2. The van der Waals surface area contributed by atoms with E-state index in [9.17, 15) is 4.39 Å². The molecule has 62 valence electrons. The fraction of sp³-hybridized carbons (Fsp3) is 0.125. The third-order valence-electron chi connectivity index (χ3n) is 1.76. The van der Waals surface area contributed by atoms with Crippen molar-refractivity contribution in [3.63, 3.8) is 0 Å². The van der Waals surface area contributed by atoms with Crippen LogP contribution in [-0.2, 0) is 0 Å².